The van der Waals surface area contributed by atoms with E-state index < -0.39 is 5.85 Å². The van der Waals surface area contributed by atoms with E-state index in [1.54, 1.807) is 0 Å². The number of fused-ring (bicyclic) bond motifs is 4. The maximum absolute atomic E-state index is 13.2. The molecule has 5 aromatic carbocycles. The lowest BCUT2D eigenvalue weighted by Crippen LogP contribution is -2.61. The zero-order valence-corrected chi connectivity index (χ0v) is 26.8. The van der Waals surface area contributed by atoms with E-state index in [9.17, 15) is 4.79 Å². The number of carbonyl (C=O) groups is 1. The summed E-state index contributed by atoms with van der Waals surface area (Å²) in [6.45, 7) is 0. The van der Waals surface area contributed by atoms with Gasteiger partial charge in [0.2, 0.25) is 0 Å². The van der Waals surface area contributed by atoms with Gasteiger partial charge in [-0.25, -0.2) is 5.01 Å². The SMILES string of the molecule is O=C1NC2(Oc3ccccc3C3CC(c4ccccc4)=NN32)C(=Cc2ccc(N3N=C(c4ccccc4)CC3c3ccccc3)cc2)S1. The first-order valence-corrected chi connectivity index (χ1v) is 17.0. The molecule has 1 N–H and O–H groups in total. The van der Waals surface area contributed by atoms with Crippen LogP contribution in [0.25, 0.3) is 6.08 Å². The smallest absolute Gasteiger partial charge is 0.314 e. The van der Waals surface area contributed by atoms with Gasteiger partial charge in [0, 0.05) is 18.4 Å². The van der Waals surface area contributed by atoms with Crippen LogP contribution < -0.4 is 15.1 Å². The number of hydrogen-bond donors (Lipinski definition) is 1. The van der Waals surface area contributed by atoms with Crippen molar-refractivity contribution >= 4 is 40.2 Å². The van der Waals surface area contributed by atoms with Crippen LogP contribution in [0.2, 0.25) is 0 Å². The number of nitrogens with zero attached hydrogens (tertiary/aromatic N) is 4. The highest BCUT2D eigenvalue weighted by Crippen LogP contribution is 2.52. The zero-order valence-electron chi connectivity index (χ0n) is 25.9. The molecule has 0 aromatic heterocycles. The summed E-state index contributed by atoms with van der Waals surface area (Å²) in [5.41, 5.74) is 8.45. The number of para-hydroxylation sites is 1. The third-order valence-electron chi connectivity index (χ3n) is 9.34. The molecule has 48 heavy (non-hydrogen) atoms. The van der Waals surface area contributed by atoms with E-state index in [0.717, 1.165) is 68.2 Å². The molecule has 4 aliphatic rings. The Balaban J connectivity index is 1.08. The maximum atomic E-state index is 13.2. The van der Waals surface area contributed by atoms with Gasteiger partial charge in [-0.05, 0) is 58.3 Å². The summed E-state index contributed by atoms with van der Waals surface area (Å²) in [6.07, 6.45) is 3.55. The second-order valence-electron chi connectivity index (χ2n) is 12.3. The second kappa shape index (κ2) is 11.6. The Morgan fingerprint density at radius 1 is 0.708 bits per heavy atom. The third-order valence-corrected chi connectivity index (χ3v) is 10.2. The number of hydrogen-bond acceptors (Lipinski definition) is 7. The molecule has 5 aromatic rings. The van der Waals surface area contributed by atoms with Gasteiger partial charge in [-0.1, -0.05) is 121 Å². The summed E-state index contributed by atoms with van der Waals surface area (Å²) >= 11 is 1.15. The van der Waals surface area contributed by atoms with Crippen molar-refractivity contribution in [1.29, 1.82) is 0 Å². The molecule has 9 rings (SSSR count). The van der Waals surface area contributed by atoms with Crippen LogP contribution in [-0.4, -0.2) is 27.5 Å². The lowest BCUT2D eigenvalue weighted by molar-refractivity contribution is -0.0949. The normalized spacial score (nSPS) is 23.4. The number of nitrogens with one attached hydrogen (secondary N) is 1. The number of benzene rings is 5. The molecular formula is C40H31N5O2S. The predicted octanol–water partition coefficient (Wildman–Crippen LogP) is 8.74. The van der Waals surface area contributed by atoms with Gasteiger partial charge >= 0.3 is 5.85 Å². The molecule has 0 bridgehead atoms. The number of rotatable bonds is 5. The van der Waals surface area contributed by atoms with Crippen LogP contribution in [-0.2, 0) is 0 Å². The molecule has 3 atom stereocenters. The molecule has 1 amide bonds. The van der Waals surface area contributed by atoms with Crippen LogP contribution in [0.4, 0.5) is 10.5 Å². The topological polar surface area (TPSA) is 69.5 Å². The monoisotopic (exact) mass is 645 g/mol. The van der Waals surface area contributed by atoms with Gasteiger partial charge < -0.3 is 4.74 Å². The van der Waals surface area contributed by atoms with Crippen molar-refractivity contribution < 1.29 is 9.53 Å². The van der Waals surface area contributed by atoms with Gasteiger partial charge in [-0.2, -0.15) is 10.2 Å². The number of ether oxygens (including phenoxy) is 1. The molecule has 1 spiro atoms. The molecule has 8 heteroatoms. The van der Waals surface area contributed by atoms with Gasteiger partial charge in [0.15, 0.2) is 0 Å². The van der Waals surface area contributed by atoms with Crippen molar-refractivity contribution in [3.05, 3.63) is 172 Å². The summed E-state index contributed by atoms with van der Waals surface area (Å²) in [7, 11) is 0. The average molecular weight is 646 g/mol. The fraction of sp³-hybridized carbons (Fsp3) is 0.125. The van der Waals surface area contributed by atoms with Gasteiger partial charge in [0.05, 0.1) is 34.1 Å². The Morgan fingerprint density at radius 2 is 1.31 bits per heavy atom. The predicted molar refractivity (Wildman–Crippen MR) is 192 cm³/mol. The van der Waals surface area contributed by atoms with Crippen molar-refractivity contribution in [1.82, 2.24) is 10.3 Å². The van der Waals surface area contributed by atoms with Gasteiger partial charge in [0.1, 0.15) is 5.75 Å². The van der Waals surface area contributed by atoms with Gasteiger partial charge in [-0.15, -0.1) is 0 Å². The van der Waals surface area contributed by atoms with Crippen LogP contribution >= 0.6 is 11.8 Å². The minimum absolute atomic E-state index is 0.0839. The van der Waals surface area contributed by atoms with Crippen molar-refractivity contribution in [3.63, 3.8) is 0 Å². The quantitative estimate of drug-likeness (QED) is 0.207. The zero-order chi connectivity index (χ0) is 32.1. The molecular weight excluding hydrogens is 615 g/mol. The molecule has 7 nitrogen and oxygen atoms in total. The van der Waals surface area contributed by atoms with E-state index in [0.29, 0.717) is 6.42 Å². The molecule has 4 heterocycles. The number of amides is 1. The summed E-state index contributed by atoms with van der Waals surface area (Å²) in [4.78, 5) is 13.9. The second-order valence-corrected chi connectivity index (χ2v) is 13.3. The molecule has 1 saturated heterocycles. The first-order chi connectivity index (χ1) is 23.6. The maximum Gasteiger partial charge on any atom is 0.314 e. The van der Waals surface area contributed by atoms with Crippen LogP contribution in [0.5, 0.6) is 5.75 Å². The molecule has 0 aliphatic carbocycles. The first-order valence-electron chi connectivity index (χ1n) is 16.1. The highest BCUT2D eigenvalue weighted by molar-refractivity contribution is 8.17. The van der Waals surface area contributed by atoms with E-state index in [2.05, 4.69) is 101 Å². The fourth-order valence-electron chi connectivity index (χ4n) is 7.03. The van der Waals surface area contributed by atoms with Gasteiger partial charge in [-0.3, -0.25) is 15.1 Å². The minimum Gasteiger partial charge on any atom is -0.444 e. The highest BCUT2D eigenvalue weighted by Gasteiger charge is 2.58. The van der Waals surface area contributed by atoms with Crippen molar-refractivity contribution in [3.8, 4) is 5.75 Å². The van der Waals surface area contributed by atoms with E-state index >= 15 is 0 Å². The van der Waals surface area contributed by atoms with Crippen LogP contribution in [0.3, 0.4) is 0 Å². The number of anilines is 1. The molecule has 0 saturated carbocycles. The van der Waals surface area contributed by atoms with E-state index in [4.69, 9.17) is 14.9 Å². The summed E-state index contributed by atoms with van der Waals surface area (Å²) in [5, 5.41) is 17.3. The third kappa shape index (κ3) is 4.88. The Labute approximate surface area is 283 Å². The van der Waals surface area contributed by atoms with Crippen LogP contribution in [0.1, 0.15) is 52.7 Å². The molecule has 3 unspecified atom stereocenters. The summed E-state index contributed by atoms with van der Waals surface area (Å²) in [5.74, 6) is -0.501. The Hall–Kier alpha value is -5.60. The van der Waals surface area contributed by atoms with E-state index in [-0.39, 0.29) is 17.3 Å². The lowest BCUT2D eigenvalue weighted by Gasteiger charge is -2.45. The Morgan fingerprint density at radius 3 is 2.02 bits per heavy atom. The number of hydrazone groups is 2. The molecule has 0 radical (unpaired) electrons. The number of carbonyl (C=O) groups excluding carboxylic acids is 1. The fourth-order valence-corrected chi connectivity index (χ4v) is 7.94. The highest BCUT2D eigenvalue weighted by atomic mass is 32.2. The van der Waals surface area contributed by atoms with E-state index in [1.807, 2.05) is 59.6 Å². The van der Waals surface area contributed by atoms with Crippen molar-refractivity contribution in [2.24, 2.45) is 10.2 Å². The van der Waals surface area contributed by atoms with E-state index in [1.165, 1.54) is 5.56 Å². The largest absolute Gasteiger partial charge is 0.444 e. The average Bonchev–Trinajstić information content (AvgIpc) is 3.87. The Kier molecular flexibility index (Phi) is 6.90. The molecule has 234 valence electrons. The standard InChI is InChI=1S/C40H31N5O2S/c46-39-41-40(45-36(32-18-10-11-19-37(32)47-40)26-34(43-45)29-14-6-2-7-15-29)38(48-39)24-27-20-22-31(23-21-27)44-35(30-16-8-3-9-17-30)25-33(42-44)28-12-4-1-5-13-28/h1-24,35-36H,25-26H2,(H,41,46). The summed E-state index contributed by atoms with van der Waals surface area (Å²) in [6, 6.07) is 47.5. The number of thioether (sulfide) groups is 1. The minimum atomic E-state index is -1.25. The summed E-state index contributed by atoms with van der Waals surface area (Å²) < 4.78 is 6.73. The molecule has 1 fully saturated rings. The van der Waals surface area contributed by atoms with Crippen molar-refractivity contribution in [2.45, 2.75) is 30.8 Å². The lowest BCUT2D eigenvalue weighted by atomic mass is 9.95. The Bertz CT molecular complexity index is 2100. The van der Waals surface area contributed by atoms with Crippen LogP contribution in [0, 0.1) is 0 Å². The van der Waals surface area contributed by atoms with Crippen LogP contribution in [0.15, 0.2) is 155 Å². The first kappa shape index (κ1) is 28.6. The van der Waals surface area contributed by atoms with Gasteiger partial charge in [0.25, 0.3) is 5.24 Å². The van der Waals surface area contributed by atoms with Crippen molar-refractivity contribution in [2.75, 3.05) is 5.01 Å². The molecule has 4 aliphatic heterocycles.